The summed E-state index contributed by atoms with van der Waals surface area (Å²) < 4.78 is 11.1. The highest BCUT2D eigenvalue weighted by Crippen LogP contribution is 2.26. The number of nitrogens with one attached hydrogen (secondary N) is 1. The van der Waals surface area contributed by atoms with Crippen molar-refractivity contribution >= 4 is 36.0 Å². The monoisotopic (exact) mass is 538 g/mol. The number of carbonyl (C=O) groups is 1. The molecule has 0 spiro atoms. The molecule has 0 atom stereocenters. The van der Waals surface area contributed by atoms with Crippen molar-refractivity contribution in [3.05, 3.63) is 59.7 Å². The van der Waals surface area contributed by atoms with Gasteiger partial charge in [-0.15, -0.1) is 24.0 Å². The molecular weight excluding hydrogens is 507 g/mol. The summed E-state index contributed by atoms with van der Waals surface area (Å²) in [6, 6.07) is 16.0. The lowest BCUT2D eigenvalue weighted by molar-refractivity contribution is 0.0963. The van der Waals surface area contributed by atoms with Gasteiger partial charge in [0.25, 0.3) is 0 Å². The first kappa shape index (κ1) is 24.8. The van der Waals surface area contributed by atoms with Gasteiger partial charge in [0, 0.05) is 24.7 Å². The van der Waals surface area contributed by atoms with Crippen molar-refractivity contribution in [2.75, 3.05) is 19.7 Å². The van der Waals surface area contributed by atoms with Gasteiger partial charge in [-0.2, -0.15) is 0 Å². The first-order valence-electron chi connectivity index (χ1n) is 10.4. The molecule has 0 saturated carbocycles. The molecule has 8 heteroatoms. The molecule has 1 aliphatic rings. The Kier molecular flexibility index (Phi) is 9.90. The van der Waals surface area contributed by atoms with Crippen LogP contribution in [0.25, 0.3) is 0 Å². The van der Waals surface area contributed by atoms with E-state index in [2.05, 4.69) is 10.3 Å². The number of para-hydroxylation sites is 1. The van der Waals surface area contributed by atoms with Crippen molar-refractivity contribution in [1.29, 1.82) is 0 Å². The third kappa shape index (κ3) is 7.61. The smallest absolute Gasteiger partial charge is 0.409 e. The average molecular weight is 538 g/mol. The number of benzene rings is 2. The van der Waals surface area contributed by atoms with E-state index in [9.17, 15) is 4.79 Å². The SMILES string of the molecule is CCOC(=O)N1CCC(NC(N)=NCc2ccccc2Oc2cccc(C)c2)CC1.I. The number of amides is 1. The van der Waals surface area contributed by atoms with E-state index < -0.39 is 0 Å². The lowest BCUT2D eigenvalue weighted by Crippen LogP contribution is -2.48. The standard InChI is InChI=1S/C23H30N4O3.HI/c1-3-29-23(28)27-13-11-19(12-14-27)26-22(24)25-16-18-8-4-5-10-21(18)30-20-9-6-7-17(2)15-20;/h4-10,15,19H,3,11-14,16H2,1-2H3,(H3,24,25,26);1H. The molecule has 3 N–H and O–H groups in total. The fraction of sp³-hybridized carbons (Fsp3) is 0.391. The van der Waals surface area contributed by atoms with Crippen LogP contribution in [0.15, 0.2) is 53.5 Å². The van der Waals surface area contributed by atoms with E-state index in [1.165, 1.54) is 0 Å². The maximum absolute atomic E-state index is 11.8. The van der Waals surface area contributed by atoms with Gasteiger partial charge in [-0.05, 0) is 50.5 Å². The molecule has 168 valence electrons. The largest absolute Gasteiger partial charge is 0.457 e. The molecule has 0 radical (unpaired) electrons. The van der Waals surface area contributed by atoms with E-state index in [0.29, 0.717) is 32.2 Å². The molecule has 0 aliphatic carbocycles. The fourth-order valence-corrected chi connectivity index (χ4v) is 3.39. The minimum Gasteiger partial charge on any atom is -0.457 e. The molecule has 0 bridgehead atoms. The number of ether oxygens (including phenoxy) is 2. The van der Waals surface area contributed by atoms with Gasteiger partial charge >= 0.3 is 6.09 Å². The average Bonchev–Trinajstić information content (AvgIpc) is 2.74. The zero-order chi connectivity index (χ0) is 21.3. The molecule has 0 aromatic heterocycles. The molecule has 2 aromatic carbocycles. The zero-order valence-electron chi connectivity index (χ0n) is 18.0. The minimum atomic E-state index is -0.247. The maximum atomic E-state index is 11.8. The molecule has 7 nitrogen and oxygen atoms in total. The van der Waals surface area contributed by atoms with Crippen LogP contribution in [0, 0.1) is 6.92 Å². The Morgan fingerprint density at radius 1 is 1.19 bits per heavy atom. The summed E-state index contributed by atoms with van der Waals surface area (Å²) in [6.07, 6.45) is 1.37. The molecule has 1 saturated heterocycles. The lowest BCUT2D eigenvalue weighted by atomic mass is 10.1. The van der Waals surface area contributed by atoms with E-state index in [-0.39, 0.29) is 36.1 Å². The maximum Gasteiger partial charge on any atom is 0.409 e. The summed E-state index contributed by atoms with van der Waals surface area (Å²) in [6.45, 7) is 5.96. The quantitative estimate of drug-likeness (QED) is 0.323. The van der Waals surface area contributed by atoms with Gasteiger partial charge in [0.1, 0.15) is 11.5 Å². The number of rotatable bonds is 6. The van der Waals surface area contributed by atoms with Crippen LogP contribution in [0.5, 0.6) is 11.5 Å². The normalized spacial score (nSPS) is 14.5. The Morgan fingerprint density at radius 3 is 2.65 bits per heavy atom. The summed E-state index contributed by atoms with van der Waals surface area (Å²) in [7, 11) is 0. The number of halogens is 1. The predicted molar refractivity (Wildman–Crippen MR) is 133 cm³/mol. The number of aryl methyl sites for hydroxylation is 1. The van der Waals surface area contributed by atoms with Crippen molar-refractivity contribution in [3.8, 4) is 11.5 Å². The number of hydrogen-bond donors (Lipinski definition) is 2. The molecule has 2 aromatic rings. The highest BCUT2D eigenvalue weighted by Gasteiger charge is 2.23. The Bertz CT molecular complexity index is 883. The number of piperidine rings is 1. The van der Waals surface area contributed by atoms with Gasteiger partial charge in [0.05, 0.1) is 13.2 Å². The summed E-state index contributed by atoms with van der Waals surface area (Å²) in [5, 5.41) is 3.27. The van der Waals surface area contributed by atoms with Crippen molar-refractivity contribution in [1.82, 2.24) is 10.2 Å². The summed E-state index contributed by atoms with van der Waals surface area (Å²) in [5.41, 5.74) is 8.21. The molecule has 1 heterocycles. The number of guanidine groups is 1. The van der Waals surface area contributed by atoms with E-state index in [1.807, 2.05) is 62.4 Å². The van der Waals surface area contributed by atoms with Crippen molar-refractivity contribution in [2.24, 2.45) is 10.7 Å². The Hall–Kier alpha value is -2.49. The molecule has 1 fully saturated rings. The molecule has 1 amide bonds. The van der Waals surface area contributed by atoms with Crippen molar-refractivity contribution in [2.45, 2.75) is 39.3 Å². The van der Waals surface area contributed by atoms with E-state index in [1.54, 1.807) is 4.90 Å². The first-order valence-corrected chi connectivity index (χ1v) is 10.4. The number of nitrogens with two attached hydrogens (primary N) is 1. The number of nitrogens with zero attached hydrogens (tertiary/aromatic N) is 2. The van der Waals surface area contributed by atoms with E-state index >= 15 is 0 Å². The van der Waals surface area contributed by atoms with Gasteiger partial charge in [-0.1, -0.05) is 30.3 Å². The van der Waals surface area contributed by atoms with Crippen LogP contribution in [0.2, 0.25) is 0 Å². The van der Waals surface area contributed by atoms with Gasteiger partial charge < -0.3 is 25.4 Å². The molecule has 3 rings (SSSR count). The Labute approximate surface area is 201 Å². The van der Waals surface area contributed by atoms with Crippen LogP contribution in [-0.4, -0.2) is 42.7 Å². The number of carbonyl (C=O) groups excluding carboxylic acids is 1. The van der Waals surface area contributed by atoms with Gasteiger partial charge in [0.15, 0.2) is 5.96 Å². The zero-order valence-corrected chi connectivity index (χ0v) is 20.4. The van der Waals surface area contributed by atoms with Crippen LogP contribution in [-0.2, 0) is 11.3 Å². The number of hydrogen-bond acceptors (Lipinski definition) is 4. The van der Waals surface area contributed by atoms with Gasteiger partial charge in [-0.3, -0.25) is 0 Å². The lowest BCUT2D eigenvalue weighted by Gasteiger charge is -2.31. The summed E-state index contributed by atoms with van der Waals surface area (Å²) in [4.78, 5) is 18.0. The highest BCUT2D eigenvalue weighted by molar-refractivity contribution is 14.0. The van der Waals surface area contributed by atoms with Gasteiger partial charge in [-0.25, -0.2) is 9.79 Å². The third-order valence-electron chi connectivity index (χ3n) is 4.98. The van der Waals surface area contributed by atoms with Gasteiger partial charge in [0.2, 0.25) is 0 Å². The molecule has 1 aliphatic heterocycles. The Morgan fingerprint density at radius 2 is 1.94 bits per heavy atom. The van der Waals surface area contributed by atoms with E-state index in [0.717, 1.165) is 35.5 Å². The van der Waals surface area contributed by atoms with Crippen LogP contribution < -0.4 is 15.8 Å². The molecule has 31 heavy (non-hydrogen) atoms. The third-order valence-corrected chi connectivity index (χ3v) is 4.98. The van der Waals surface area contributed by atoms with Crippen molar-refractivity contribution < 1.29 is 14.3 Å². The summed E-state index contributed by atoms with van der Waals surface area (Å²) >= 11 is 0. The van der Waals surface area contributed by atoms with E-state index in [4.69, 9.17) is 15.2 Å². The second-order valence-electron chi connectivity index (χ2n) is 7.33. The fourth-order valence-electron chi connectivity index (χ4n) is 3.39. The van der Waals surface area contributed by atoms with Crippen LogP contribution in [0.4, 0.5) is 4.79 Å². The molecular formula is C23H31IN4O3. The van der Waals surface area contributed by atoms with Crippen LogP contribution in [0.3, 0.4) is 0 Å². The second kappa shape index (κ2) is 12.4. The second-order valence-corrected chi connectivity index (χ2v) is 7.33. The highest BCUT2D eigenvalue weighted by atomic mass is 127. The topological polar surface area (TPSA) is 89.2 Å². The predicted octanol–water partition coefficient (Wildman–Crippen LogP) is 4.43. The first-order chi connectivity index (χ1) is 14.5. The minimum absolute atomic E-state index is 0. The number of likely N-dealkylation sites (tertiary alicyclic amines) is 1. The van der Waals surface area contributed by atoms with Crippen molar-refractivity contribution in [3.63, 3.8) is 0 Å². The van der Waals surface area contributed by atoms with Crippen LogP contribution in [0.1, 0.15) is 30.9 Å². The Balaban J connectivity index is 0.00000341. The molecule has 0 unspecified atom stereocenters. The number of aliphatic imine (C=N–C) groups is 1. The van der Waals surface area contributed by atoms with Crippen LogP contribution >= 0.6 is 24.0 Å². The summed E-state index contributed by atoms with van der Waals surface area (Å²) in [5.74, 6) is 1.96.